The molecule has 3 atom stereocenters. The van der Waals surface area contributed by atoms with Crippen LogP contribution in [0.15, 0.2) is 30.3 Å². The van der Waals surface area contributed by atoms with Gasteiger partial charge in [0.15, 0.2) is 17.8 Å². The number of nitrogens with one attached hydrogen (secondary N) is 1. The van der Waals surface area contributed by atoms with Crippen LogP contribution in [-0.2, 0) is 9.59 Å². The van der Waals surface area contributed by atoms with Crippen molar-refractivity contribution in [3.63, 3.8) is 0 Å². The van der Waals surface area contributed by atoms with Gasteiger partial charge in [-0.1, -0.05) is 0 Å². The highest BCUT2D eigenvalue weighted by atomic mass is 16.5. The second-order valence-electron chi connectivity index (χ2n) is 7.82. The average molecular weight is 438 g/mol. The van der Waals surface area contributed by atoms with Crippen molar-refractivity contribution in [3.05, 3.63) is 41.7 Å². The summed E-state index contributed by atoms with van der Waals surface area (Å²) in [5, 5.41) is 12.7. The molecule has 1 aromatic heterocycles. The topological polar surface area (TPSA) is 117 Å². The lowest BCUT2D eigenvalue weighted by Crippen LogP contribution is -2.55. The van der Waals surface area contributed by atoms with Crippen LogP contribution < -0.4 is 14.8 Å². The summed E-state index contributed by atoms with van der Waals surface area (Å²) in [6.45, 7) is 8.87. The SMILES string of the molecule is Cc1cc(C)nc(Oc2ccc(OC(C)C(=O)C(C#N)C(=O)N3CCNCC3C)cc2)n1. The zero-order valence-corrected chi connectivity index (χ0v) is 18.7. The Balaban J connectivity index is 1.62. The number of carbonyl (C=O) groups is 2. The lowest BCUT2D eigenvalue weighted by Gasteiger charge is -2.35. The van der Waals surface area contributed by atoms with E-state index in [0.29, 0.717) is 31.1 Å². The summed E-state index contributed by atoms with van der Waals surface area (Å²) in [6.07, 6.45) is -0.962. The van der Waals surface area contributed by atoms with E-state index in [2.05, 4.69) is 15.3 Å². The van der Waals surface area contributed by atoms with E-state index in [9.17, 15) is 14.9 Å². The molecule has 2 heterocycles. The number of hydrogen-bond donors (Lipinski definition) is 1. The van der Waals surface area contributed by atoms with Crippen LogP contribution in [0.3, 0.4) is 0 Å². The zero-order valence-electron chi connectivity index (χ0n) is 18.7. The van der Waals surface area contributed by atoms with Crippen LogP contribution >= 0.6 is 0 Å². The largest absolute Gasteiger partial charge is 0.483 e. The third-order valence-corrected chi connectivity index (χ3v) is 5.15. The Morgan fingerprint density at radius 1 is 1.19 bits per heavy atom. The van der Waals surface area contributed by atoms with Crippen LogP contribution in [0.2, 0.25) is 0 Å². The summed E-state index contributed by atoms with van der Waals surface area (Å²) < 4.78 is 11.4. The van der Waals surface area contributed by atoms with Gasteiger partial charge < -0.3 is 19.7 Å². The number of benzene rings is 1. The molecule has 1 N–H and O–H groups in total. The van der Waals surface area contributed by atoms with E-state index < -0.39 is 23.7 Å². The van der Waals surface area contributed by atoms with Gasteiger partial charge in [-0.25, -0.2) is 9.97 Å². The minimum Gasteiger partial charge on any atom is -0.483 e. The molecule has 0 radical (unpaired) electrons. The molecule has 1 amide bonds. The molecule has 3 unspecified atom stereocenters. The molecule has 0 bridgehead atoms. The Morgan fingerprint density at radius 3 is 2.41 bits per heavy atom. The van der Waals surface area contributed by atoms with Crippen LogP contribution in [0.25, 0.3) is 0 Å². The molecule has 0 saturated carbocycles. The third kappa shape index (κ3) is 5.59. The van der Waals surface area contributed by atoms with Gasteiger partial charge in [-0.3, -0.25) is 9.59 Å². The van der Waals surface area contributed by atoms with Crippen molar-refractivity contribution in [3.8, 4) is 23.6 Å². The van der Waals surface area contributed by atoms with Crippen molar-refractivity contribution in [1.82, 2.24) is 20.2 Å². The van der Waals surface area contributed by atoms with Crippen molar-refractivity contribution in [2.45, 2.75) is 39.8 Å². The monoisotopic (exact) mass is 437 g/mol. The summed E-state index contributed by atoms with van der Waals surface area (Å²) in [5.74, 6) is -1.50. The maximum absolute atomic E-state index is 12.8. The minimum atomic E-state index is -1.39. The molecular weight excluding hydrogens is 410 g/mol. The van der Waals surface area contributed by atoms with Crippen molar-refractivity contribution < 1.29 is 19.1 Å². The molecule has 0 aliphatic carbocycles. The first kappa shape index (κ1) is 23.2. The van der Waals surface area contributed by atoms with Crippen molar-refractivity contribution in [1.29, 1.82) is 5.26 Å². The van der Waals surface area contributed by atoms with Crippen LogP contribution in [0.5, 0.6) is 17.5 Å². The highest BCUT2D eigenvalue weighted by Gasteiger charge is 2.36. The first-order chi connectivity index (χ1) is 15.3. The summed E-state index contributed by atoms with van der Waals surface area (Å²) in [4.78, 5) is 35.6. The Kier molecular flexibility index (Phi) is 7.38. The van der Waals surface area contributed by atoms with E-state index in [1.807, 2.05) is 32.9 Å². The highest BCUT2D eigenvalue weighted by molar-refractivity contribution is 6.05. The molecule has 9 nitrogen and oxygen atoms in total. The number of ether oxygens (including phenoxy) is 2. The second-order valence-corrected chi connectivity index (χ2v) is 7.82. The number of aryl methyl sites for hydroxylation is 2. The van der Waals surface area contributed by atoms with E-state index in [1.165, 1.54) is 6.92 Å². The van der Waals surface area contributed by atoms with Gasteiger partial charge in [0.25, 0.3) is 0 Å². The lowest BCUT2D eigenvalue weighted by molar-refractivity contribution is -0.143. The molecule has 0 spiro atoms. The van der Waals surface area contributed by atoms with Crippen LogP contribution in [0.1, 0.15) is 25.2 Å². The van der Waals surface area contributed by atoms with E-state index in [1.54, 1.807) is 29.2 Å². The third-order valence-electron chi connectivity index (χ3n) is 5.15. The van der Waals surface area contributed by atoms with Gasteiger partial charge in [-0.2, -0.15) is 5.26 Å². The number of rotatable bonds is 7. The van der Waals surface area contributed by atoms with Gasteiger partial charge in [0.1, 0.15) is 11.5 Å². The van der Waals surface area contributed by atoms with Crippen LogP contribution in [-0.4, -0.2) is 58.3 Å². The molecule has 1 aliphatic rings. The first-order valence-electron chi connectivity index (χ1n) is 10.5. The number of piperazine rings is 1. The molecule has 1 aliphatic heterocycles. The highest BCUT2D eigenvalue weighted by Crippen LogP contribution is 2.23. The molecule has 1 aromatic carbocycles. The summed E-state index contributed by atoms with van der Waals surface area (Å²) in [5.41, 5.74) is 1.60. The van der Waals surface area contributed by atoms with Gasteiger partial charge in [-0.05, 0) is 58.0 Å². The first-order valence-corrected chi connectivity index (χ1v) is 10.5. The van der Waals surface area contributed by atoms with Crippen molar-refractivity contribution in [2.24, 2.45) is 5.92 Å². The van der Waals surface area contributed by atoms with Gasteiger partial charge >= 0.3 is 6.01 Å². The van der Waals surface area contributed by atoms with Gasteiger partial charge in [-0.15, -0.1) is 0 Å². The molecule has 2 aromatic rings. The smallest absolute Gasteiger partial charge is 0.322 e. The standard InChI is InChI=1S/C23H27N5O4/c1-14-11-15(2)27-23(26-14)32-19-7-5-18(6-8-19)31-17(4)21(29)20(12-24)22(30)28-10-9-25-13-16(28)3/h5-8,11,16-17,20,25H,9-10,13H2,1-4H3. The second kappa shape index (κ2) is 10.2. The van der Waals surface area contributed by atoms with Crippen LogP contribution in [0, 0.1) is 31.1 Å². The van der Waals surface area contributed by atoms with E-state index in [-0.39, 0.29) is 12.1 Å². The Bertz CT molecular complexity index is 998. The van der Waals surface area contributed by atoms with E-state index in [4.69, 9.17) is 9.47 Å². The molecule has 9 heteroatoms. The Morgan fingerprint density at radius 2 is 1.81 bits per heavy atom. The predicted molar refractivity (Wildman–Crippen MR) is 116 cm³/mol. The number of carbonyl (C=O) groups excluding carboxylic acids is 2. The number of nitrogens with zero attached hydrogens (tertiary/aromatic N) is 4. The fourth-order valence-electron chi connectivity index (χ4n) is 3.50. The number of Topliss-reactive ketones (excluding diaryl/α,β-unsaturated/α-hetero) is 1. The van der Waals surface area contributed by atoms with Gasteiger partial charge in [0, 0.05) is 37.1 Å². The number of nitriles is 1. The van der Waals surface area contributed by atoms with Crippen molar-refractivity contribution >= 4 is 11.7 Å². The zero-order chi connectivity index (χ0) is 23.3. The number of ketones is 1. The predicted octanol–water partition coefficient (Wildman–Crippen LogP) is 2.18. The fraction of sp³-hybridized carbons (Fsp3) is 0.435. The normalized spacial score (nSPS) is 17.7. The maximum atomic E-state index is 12.8. The molecule has 1 fully saturated rings. The quantitative estimate of drug-likeness (QED) is 0.655. The van der Waals surface area contributed by atoms with Gasteiger partial charge in [0.05, 0.1) is 6.07 Å². The van der Waals surface area contributed by atoms with Crippen molar-refractivity contribution in [2.75, 3.05) is 19.6 Å². The van der Waals surface area contributed by atoms with Crippen LogP contribution in [0.4, 0.5) is 0 Å². The molecule has 3 rings (SSSR count). The lowest BCUT2D eigenvalue weighted by atomic mass is 9.99. The molecular formula is C23H27N5O4. The van der Waals surface area contributed by atoms with Gasteiger partial charge in [0.2, 0.25) is 5.91 Å². The van der Waals surface area contributed by atoms with E-state index >= 15 is 0 Å². The molecule has 32 heavy (non-hydrogen) atoms. The van der Waals surface area contributed by atoms with E-state index in [0.717, 1.165) is 11.4 Å². The minimum absolute atomic E-state index is 0.0789. The Hall–Kier alpha value is -3.51. The Labute approximate surface area is 187 Å². The number of aromatic nitrogens is 2. The molecule has 168 valence electrons. The summed E-state index contributed by atoms with van der Waals surface area (Å²) in [6, 6.07) is 10.5. The summed E-state index contributed by atoms with van der Waals surface area (Å²) in [7, 11) is 0. The summed E-state index contributed by atoms with van der Waals surface area (Å²) >= 11 is 0. The maximum Gasteiger partial charge on any atom is 0.322 e. The fourth-order valence-corrected chi connectivity index (χ4v) is 3.50. The average Bonchev–Trinajstić information content (AvgIpc) is 2.75. The molecule has 1 saturated heterocycles. The number of hydrogen-bond acceptors (Lipinski definition) is 8. The number of amides is 1.